The molecule has 2 aromatic carbocycles. The number of nitrogens with zero attached hydrogens (tertiary/aromatic N) is 3. The molecule has 2 heterocycles. The minimum absolute atomic E-state index is 0.719. The van der Waals surface area contributed by atoms with Gasteiger partial charge in [0.25, 0.3) is 0 Å². The van der Waals surface area contributed by atoms with Crippen LogP contribution in [0.4, 0.5) is 11.5 Å². The van der Waals surface area contributed by atoms with E-state index in [0.29, 0.717) is 0 Å². The summed E-state index contributed by atoms with van der Waals surface area (Å²) >= 11 is 0. The highest BCUT2D eigenvalue weighted by molar-refractivity contribution is 5.90. The second-order valence-electron chi connectivity index (χ2n) is 7.08. The summed E-state index contributed by atoms with van der Waals surface area (Å²) in [5.41, 5.74) is 2.18. The smallest absolute Gasteiger partial charge is 0.184 e. The van der Waals surface area contributed by atoms with Crippen LogP contribution in [0.1, 0.15) is 19.8 Å². The number of hydrogen-bond acceptors (Lipinski definition) is 5. The third-order valence-electron chi connectivity index (χ3n) is 5.29. The van der Waals surface area contributed by atoms with Crippen molar-refractivity contribution in [1.82, 2.24) is 10.2 Å². The molecule has 1 aliphatic rings. The zero-order valence-electron chi connectivity index (χ0n) is 16.6. The first-order valence-corrected chi connectivity index (χ1v) is 10.0. The molecule has 0 saturated carbocycles. The topological polar surface area (TPSA) is 53.6 Å². The van der Waals surface area contributed by atoms with E-state index in [2.05, 4.69) is 51.2 Å². The highest BCUT2D eigenvalue weighted by atomic mass is 16.5. The normalized spacial score (nSPS) is 14.5. The Labute approximate surface area is 166 Å². The number of ether oxygens (including phenoxy) is 2. The van der Waals surface area contributed by atoms with Crippen LogP contribution in [0.2, 0.25) is 0 Å². The molecule has 6 heteroatoms. The van der Waals surface area contributed by atoms with Crippen molar-refractivity contribution in [1.29, 1.82) is 0 Å². The van der Waals surface area contributed by atoms with Crippen molar-refractivity contribution in [2.45, 2.75) is 19.8 Å². The first kappa shape index (κ1) is 18.5. The van der Waals surface area contributed by atoms with E-state index in [-0.39, 0.29) is 0 Å². The maximum Gasteiger partial charge on any atom is 0.184 e. The van der Waals surface area contributed by atoms with Gasteiger partial charge in [0.15, 0.2) is 17.3 Å². The van der Waals surface area contributed by atoms with Gasteiger partial charge in [-0.2, -0.15) is 5.10 Å². The molecule has 1 saturated heterocycles. The second kappa shape index (κ2) is 8.42. The first-order chi connectivity index (χ1) is 13.8. The van der Waals surface area contributed by atoms with Gasteiger partial charge >= 0.3 is 0 Å². The van der Waals surface area contributed by atoms with Crippen LogP contribution < -0.4 is 19.3 Å². The van der Waals surface area contributed by atoms with E-state index in [1.54, 1.807) is 7.11 Å². The number of aromatic nitrogens is 2. The number of piperazine rings is 1. The SMILES string of the molecule is CCCCOc1cccc(N2CCN(c3n[nH]c4ccccc34)CC2)c1OC. The molecule has 0 radical (unpaired) electrons. The number of nitrogens with one attached hydrogen (secondary N) is 1. The molecule has 6 nitrogen and oxygen atoms in total. The number of aromatic amines is 1. The van der Waals surface area contributed by atoms with Gasteiger partial charge in [-0.15, -0.1) is 0 Å². The Morgan fingerprint density at radius 2 is 1.79 bits per heavy atom. The van der Waals surface area contributed by atoms with Gasteiger partial charge in [0, 0.05) is 31.6 Å². The molecule has 0 aliphatic carbocycles. The maximum atomic E-state index is 5.95. The average Bonchev–Trinajstić information content (AvgIpc) is 3.18. The number of hydrogen-bond donors (Lipinski definition) is 1. The van der Waals surface area contributed by atoms with Crippen molar-refractivity contribution in [3.63, 3.8) is 0 Å². The van der Waals surface area contributed by atoms with Crippen molar-refractivity contribution < 1.29 is 9.47 Å². The number of rotatable bonds is 7. The van der Waals surface area contributed by atoms with Crippen LogP contribution in [0.25, 0.3) is 10.9 Å². The van der Waals surface area contributed by atoms with Crippen LogP contribution in [-0.4, -0.2) is 50.1 Å². The minimum atomic E-state index is 0.719. The molecule has 0 atom stereocenters. The maximum absolute atomic E-state index is 5.95. The summed E-state index contributed by atoms with van der Waals surface area (Å²) < 4.78 is 11.7. The van der Waals surface area contributed by atoms with Crippen molar-refractivity contribution in [3.8, 4) is 11.5 Å². The highest BCUT2D eigenvalue weighted by Crippen LogP contribution is 2.38. The van der Waals surface area contributed by atoms with Gasteiger partial charge in [0.05, 0.1) is 24.9 Å². The van der Waals surface area contributed by atoms with Gasteiger partial charge in [-0.1, -0.05) is 31.5 Å². The first-order valence-electron chi connectivity index (χ1n) is 10.0. The summed E-state index contributed by atoms with van der Waals surface area (Å²) in [5, 5.41) is 8.86. The number of fused-ring (bicyclic) bond motifs is 1. The lowest BCUT2D eigenvalue weighted by Crippen LogP contribution is -2.46. The van der Waals surface area contributed by atoms with Crippen molar-refractivity contribution in [2.75, 3.05) is 49.7 Å². The molecule has 1 aliphatic heterocycles. The molecule has 28 heavy (non-hydrogen) atoms. The van der Waals surface area contributed by atoms with Gasteiger partial charge in [0.2, 0.25) is 0 Å². The van der Waals surface area contributed by atoms with E-state index < -0.39 is 0 Å². The second-order valence-corrected chi connectivity index (χ2v) is 7.08. The summed E-state index contributed by atoms with van der Waals surface area (Å²) in [6.07, 6.45) is 2.16. The third kappa shape index (κ3) is 3.59. The van der Waals surface area contributed by atoms with Crippen molar-refractivity contribution in [3.05, 3.63) is 42.5 Å². The molecule has 148 valence electrons. The van der Waals surface area contributed by atoms with Gasteiger partial charge in [0.1, 0.15) is 0 Å². The Hall–Kier alpha value is -2.89. The zero-order chi connectivity index (χ0) is 19.3. The lowest BCUT2D eigenvalue weighted by Gasteiger charge is -2.37. The van der Waals surface area contributed by atoms with Crippen LogP contribution in [0.5, 0.6) is 11.5 Å². The monoisotopic (exact) mass is 380 g/mol. The molecule has 1 aromatic heterocycles. The predicted octanol–water partition coefficient (Wildman–Crippen LogP) is 4.08. The fourth-order valence-corrected chi connectivity index (χ4v) is 3.75. The van der Waals surface area contributed by atoms with Crippen LogP contribution in [0, 0.1) is 0 Å². The molecule has 1 N–H and O–H groups in total. The van der Waals surface area contributed by atoms with Crippen LogP contribution in [0.3, 0.4) is 0 Å². The standard InChI is InChI=1S/C22H28N4O2/c1-3-4-16-28-20-11-7-10-19(21(20)27-2)25-12-14-26(15-13-25)22-17-8-5-6-9-18(17)23-24-22/h5-11H,3-4,12-16H2,1-2H3,(H,23,24). The van der Waals surface area contributed by atoms with Gasteiger partial charge < -0.3 is 19.3 Å². The van der Waals surface area contributed by atoms with E-state index in [0.717, 1.165) is 74.1 Å². The summed E-state index contributed by atoms with van der Waals surface area (Å²) in [7, 11) is 1.72. The number of unbranched alkanes of at least 4 members (excludes halogenated alkanes) is 1. The quantitative estimate of drug-likeness (QED) is 0.626. The van der Waals surface area contributed by atoms with Crippen molar-refractivity contribution >= 4 is 22.4 Å². The largest absolute Gasteiger partial charge is 0.491 e. The Bertz CT molecular complexity index is 916. The average molecular weight is 380 g/mol. The Kier molecular flexibility index (Phi) is 5.55. The summed E-state index contributed by atoms with van der Waals surface area (Å²) in [6, 6.07) is 14.4. The Balaban J connectivity index is 1.48. The molecule has 3 aromatic rings. The molecule has 1 fully saturated rings. The lowest BCUT2D eigenvalue weighted by atomic mass is 10.2. The molecule has 0 amide bonds. The fraction of sp³-hybridized carbons (Fsp3) is 0.409. The highest BCUT2D eigenvalue weighted by Gasteiger charge is 2.23. The molecule has 0 unspecified atom stereocenters. The molecular formula is C22H28N4O2. The van der Waals surface area contributed by atoms with E-state index in [1.807, 2.05) is 18.2 Å². The molecule has 4 rings (SSSR count). The van der Waals surface area contributed by atoms with E-state index in [4.69, 9.17) is 9.47 Å². The lowest BCUT2D eigenvalue weighted by molar-refractivity contribution is 0.288. The minimum Gasteiger partial charge on any atom is -0.491 e. The summed E-state index contributed by atoms with van der Waals surface area (Å²) in [4.78, 5) is 4.72. The van der Waals surface area contributed by atoms with Gasteiger partial charge in [-0.3, -0.25) is 5.10 Å². The molecule has 0 bridgehead atoms. The van der Waals surface area contributed by atoms with Crippen LogP contribution in [0.15, 0.2) is 42.5 Å². The van der Waals surface area contributed by atoms with Gasteiger partial charge in [-0.25, -0.2) is 0 Å². The third-order valence-corrected chi connectivity index (χ3v) is 5.29. The van der Waals surface area contributed by atoms with E-state index in [9.17, 15) is 0 Å². The zero-order valence-corrected chi connectivity index (χ0v) is 16.6. The fourth-order valence-electron chi connectivity index (χ4n) is 3.75. The van der Waals surface area contributed by atoms with Crippen molar-refractivity contribution in [2.24, 2.45) is 0 Å². The number of anilines is 2. The Morgan fingerprint density at radius 1 is 1.00 bits per heavy atom. The molecular weight excluding hydrogens is 352 g/mol. The Morgan fingerprint density at radius 3 is 2.57 bits per heavy atom. The predicted molar refractivity (Wildman–Crippen MR) is 114 cm³/mol. The molecule has 0 spiro atoms. The number of methoxy groups -OCH3 is 1. The summed E-state index contributed by atoms with van der Waals surface area (Å²) in [6.45, 7) is 6.54. The number of H-pyrrole nitrogens is 1. The van der Waals surface area contributed by atoms with E-state index in [1.165, 1.54) is 5.39 Å². The van der Waals surface area contributed by atoms with Gasteiger partial charge in [-0.05, 0) is 30.7 Å². The van der Waals surface area contributed by atoms with E-state index >= 15 is 0 Å². The summed E-state index contributed by atoms with van der Waals surface area (Å²) in [5.74, 6) is 2.70. The van der Waals surface area contributed by atoms with Crippen LogP contribution in [-0.2, 0) is 0 Å². The number of benzene rings is 2. The van der Waals surface area contributed by atoms with Crippen LogP contribution >= 0.6 is 0 Å². The number of para-hydroxylation sites is 2.